The number of nitriles is 1. The Morgan fingerprint density at radius 2 is 2.00 bits per heavy atom. The van der Waals surface area contributed by atoms with Gasteiger partial charge >= 0.3 is 12.1 Å². The van der Waals surface area contributed by atoms with Crippen LogP contribution in [0.15, 0.2) is 18.2 Å². The van der Waals surface area contributed by atoms with Gasteiger partial charge in [0.25, 0.3) is 0 Å². The Hall–Kier alpha value is -2.07. The third kappa shape index (κ3) is 2.54. The van der Waals surface area contributed by atoms with E-state index in [0.29, 0.717) is 6.07 Å². The molecule has 0 aliphatic rings. The van der Waals surface area contributed by atoms with Gasteiger partial charge in [0.05, 0.1) is 17.2 Å². The van der Waals surface area contributed by atoms with E-state index in [0.717, 1.165) is 12.1 Å². The second-order valence-electron chi connectivity index (χ2n) is 3.12. The van der Waals surface area contributed by atoms with Gasteiger partial charge in [0.15, 0.2) is 6.10 Å². The number of nitrogens with zero attached hydrogens (tertiary/aromatic N) is 1. The minimum atomic E-state index is -4.83. The standard InChI is InChI=1S/C10H6F3NO3/c11-10(12,13)6-3-1-2-5(4-14)7(6)8(15)9(16)17/h1-3,8,15H,(H,16,17). The van der Waals surface area contributed by atoms with Crippen molar-refractivity contribution in [3.8, 4) is 6.07 Å². The highest BCUT2D eigenvalue weighted by atomic mass is 19.4. The smallest absolute Gasteiger partial charge is 0.416 e. The first-order valence-electron chi connectivity index (χ1n) is 4.30. The van der Waals surface area contributed by atoms with E-state index < -0.39 is 34.9 Å². The summed E-state index contributed by atoms with van der Waals surface area (Å²) in [5.74, 6) is -1.85. The highest BCUT2D eigenvalue weighted by molar-refractivity contribution is 5.76. The molecule has 0 saturated carbocycles. The fourth-order valence-electron chi connectivity index (χ4n) is 1.33. The van der Waals surface area contributed by atoms with Crippen molar-refractivity contribution in [2.45, 2.75) is 12.3 Å². The number of alkyl halides is 3. The number of aliphatic hydroxyl groups excluding tert-OH is 1. The van der Waals surface area contributed by atoms with Crippen molar-refractivity contribution in [3.05, 3.63) is 34.9 Å². The number of aliphatic hydroxyl groups is 1. The van der Waals surface area contributed by atoms with Gasteiger partial charge in [0.1, 0.15) is 0 Å². The predicted molar refractivity (Wildman–Crippen MR) is 48.8 cm³/mol. The van der Waals surface area contributed by atoms with Crippen LogP contribution in [0, 0.1) is 11.3 Å². The summed E-state index contributed by atoms with van der Waals surface area (Å²) in [4.78, 5) is 10.5. The van der Waals surface area contributed by atoms with Gasteiger partial charge in [-0.15, -0.1) is 0 Å². The zero-order valence-corrected chi connectivity index (χ0v) is 8.19. The van der Waals surface area contributed by atoms with E-state index >= 15 is 0 Å². The zero-order valence-electron chi connectivity index (χ0n) is 8.19. The molecule has 0 bridgehead atoms. The quantitative estimate of drug-likeness (QED) is 0.830. The molecule has 0 heterocycles. The molecule has 0 aliphatic carbocycles. The normalized spacial score (nSPS) is 12.9. The van der Waals surface area contributed by atoms with Crippen molar-refractivity contribution in [1.29, 1.82) is 5.26 Å². The summed E-state index contributed by atoms with van der Waals surface area (Å²) >= 11 is 0. The Morgan fingerprint density at radius 1 is 1.41 bits per heavy atom. The molecule has 0 aromatic heterocycles. The summed E-state index contributed by atoms with van der Waals surface area (Å²) in [6, 6.07) is 4.02. The van der Waals surface area contributed by atoms with Gasteiger partial charge in [-0.3, -0.25) is 0 Å². The summed E-state index contributed by atoms with van der Waals surface area (Å²) < 4.78 is 37.7. The molecule has 0 radical (unpaired) electrons. The van der Waals surface area contributed by atoms with Crippen molar-refractivity contribution in [1.82, 2.24) is 0 Å². The lowest BCUT2D eigenvalue weighted by molar-refractivity contribution is -0.149. The summed E-state index contributed by atoms with van der Waals surface area (Å²) in [6.45, 7) is 0. The fraction of sp³-hybridized carbons (Fsp3) is 0.200. The Morgan fingerprint density at radius 3 is 2.41 bits per heavy atom. The molecule has 0 amide bonds. The molecule has 1 atom stereocenters. The molecule has 0 spiro atoms. The largest absolute Gasteiger partial charge is 0.479 e. The van der Waals surface area contributed by atoms with Gasteiger partial charge < -0.3 is 10.2 Å². The van der Waals surface area contributed by atoms with Crippen LogP contribution in [0.1, 0.15) is 22.8 Å². The maximum Gasteiger partial charge on any atom is 0.416 e. The monoisotopic (exact) mass is 245 g/mol. The van der Waals surface area contributed by atoms with Crippen molar-refractivity contribution < 1.29 is 28.2 Å². The van der Waals surface area contributed by atoms with Crippen LogP contribution >= 0.6 is 0 Å². The number of hydrogen-bond acceptors (Lipinski definition) is 3. The van der Waals surface area contributed by atoms with E-state index in [2.05, 4.69) is 0 Å². The number of carbonyl (C=O) groups is 1. The molecular formula is C10H6F3NO3. The number of benzene rings is 1. The molecule has 0 fully saturated rings. The van der Waals surface area contributed by atoms with E-state index in [-0.39, 0.29) is 0 Å². The van der Waals surface area contributed by atoms with Crippen LogP contribution in [-0.4, -0.2) is 16.2 Å². The number of aliphatic carboxylic acids is 1. The van der Waals surface area contributed by atoms with E-state index in [1.165, 1.54) is 6.07 Å². The molecule has 1 aromatic rings. The van der Waals surface area contributed by atoms with Gasteiger partial charge in [0, 0.05) is 5.56 Å². The molecule has 0 saturated heterocycles. The van der Waals surface area contributed by atoms with E-state index in [4.69, 9.17) is 10.4 Å². The number of carboxylic acids is 1. The first-order chi connectivity index (χ1) is 7.79. The van der Waals surface area contributed by atoms with E-state index in [9.17, 15) is 23.1 Å². The molecule has 90 valence electrons. The van der Waals surface area contributed by atoms with Crippen molar-refractivity contribution in [2.24, 2.45) is 0 Å². The predicted octanol–water partition coefficient (Wildman–Crippen LogP) is 1.70. The third-order valence-electron chi connectivity index (χ3n) is 2.04. The number of carboxylic acid groups (broad SMARTS) is 1. The number of halogens is 3. The van der Waals surface area contributed by atoms with Crippen molar-refractivity contribution >= 4 is 5.97 Å². The molecule has 2 N–H and O–H groups in total. The van der Waals surface area contributed by atoms with Crippen LogP contribution < -0.4 is 0 Å². The zero-order chi connectivity index (χ0) is 13.2. The van der Waals surface area contributed by atoms with Crippen molar-refractivity contribution in [3.63, 3.8) is 0 Å². The average molecular weight is 245 g/mol. The molecular weight excluding hydrogens is 239 g/mol. The number of rotatable bonds is 2. The van der Waals surface area contributed by atoms with Crippen LogP contribution in [0.2, 0.25) is 0 Å². The summed E-state index contributed by atoms with van der Waals surface area (Å²) in [7, 11) is 0. The van der Waals surface area contributed by atoms with Gasteiger partial charge in [0.2, 0.25) is 0 Å². The van der Waals surface area contributed by atoms with Crippen molar-refractivity contribution in [2.75, 3.05) is 0 Å². The minimum absolute atomic E-state index is 0.519. The summed E-state index contributed by atoms with van der Waals surface area (Å²) in [5, 5.41) is 26.3. The summed E-state index contributed by atoms with van der Waals surface area (Å²) in [6.07, 6.45) is -7.22. The third-order valence-corrected chi connectivity index (χ3v) is 2.04. The highest BCUT2D eigenvalue weighted by Crippen LogP contribution is 2.36. The molecule has 1 aromatic carbocycles. The van der Waals surface area contributed by atoms with Gasteiger partial charge in [-0.25, -0.2) is 4.79 Å². The fourth-order valence-corrected chi connectivity index (χ4v) is 1.33. The minimum Gasteiger partial charge on any atom is -0.479 e. The van der Waals surface area contributed by atoms with Crippen LogP contribution in [-0.2, 0) is 11.0 Å². The lowest BCUT2D eigenvalue weighted by atomic mass is 9.96. The molecule has 17 heavy (non-hydrogen) atoms. The molecule has 0 aliphatic heterocycles. The average Bonchev–Trinajstić information content (AvgIpc) is 2.25. The lowest BCUT2D eigenvalue weighted by Crippen LogP contribution is -2.19. The lowest BCUT2D eigenvalue weighted by Gasteiger charge is -2.15. The topological polar surface area (TPSA) is 81.3 Å². The molecule has 7 heteroatoms. The Bertz CT molecular complexity index is 491. The Balaban J connectivity index is 3.53. The van der Waals surface area contributed by atoms with Crippen LogP contribution in [0.3, 0.4) is 0 Å². The second-order valence-corrected chi connectivity index (χ2v) is 3.12. The maximum atomic E-state index is 12.6. The Labute approximate surface area is 93.5 Å². The van der Waals surface area contributed by atoms with Gasteiger partial charge in [-0.05, 0) is 12.1 Å². The number of hydrogen-bond donors (Lipinski definition) is 2. The van der Waals surface area contributed by atoms with Gasteiger partial charge in [-0.1, -0.05) is 6.07 Å². The maximum absolute atomic E-state index is 12.6. The highest BCUT2D eigenvalue weighted by Gasteiger charge is 2.37. The summed E-state index contributed by atoms with van der Waals surface area (Å²) in [5.41, 5.74) is -2.78. The van der Waals surface area contributed by atoms with Gasteiger partial charge in [-0.2, -0.15) is 18.4 Å². The van der Waals surface area contributed by atoms with Crippen LogP contribution in [0.5, 0.6) is 0 Å². The van der Waals surface area contributed by atoms with Crippen LogP contribution in [0.4, 0.5) is 13.2 Å². The van der Waals surface area contributed by atoms with E-state index in [1.54, 1.807) is 0 Å². The molecule has 1 rings (SSSR count). The SMILES string of the molecule is N#Cc1cccc(C(F)(F)F)c1C(O)C(=O)O. The first kappa shape index (κ1) is 13.0. The van der Waals surface area contributed by atoms with Crippen LogP contribution in [0.25, 0.3) is 0 Å². The Kier molecular flexibility index (Phi) is 3.39. The second kappa shape index (κ2) is 4.43. The first-order valence-corrected chi connectivity index (χ1v) is 4.30. The molecule has 1 unspecified atom stereocenters. The van der Waals surface area contributed by atoms with E-state index in [1.807, 2.05) is 0 Å². The molecule has 4 nitrogen and oxygen atoms in total.